The highest BCUT2D eigenvalue weighted by molar-refractivity contribution is 7.98. The second-order valence-corrected chi connectivity index (χ2v) is 6.90. The zero-order chi connectivity index (χ0) is 16.2. The molecule has 0 atom stereocenters. The Balaban J connectivity index is 1.68. The molecule has 0 saturated heterocycles. The molecule has 0 aliphatic carbocycles. The van der Waals surface area contributed by atoms with Crippen LogP contribution in [-0.2, 0) is 25.8 Å². The molecule has 0 saturated carbocycles. The zero-order valence-corrected chi connectivity index (χ0v) is 14.7. The summed E-state index contributed by atoms with van der Waals surface area (Å²) in [5, 5.41) is 21.1. The molecule has 0 unspecified atom stereocenters. The minimum atomic E-state index is -0.0985. The highest BCUT2D eigenvalue weighted by Crippen LogP contribution is 2.27. The van der Waals surface area contributed by atoms with E-state index in [0.717, 1.165) is 33.6 Å². The number of hydrogen-bond acceptors (Lipinski definition) is 6. The van der Waals surface area contributed by atoms with Gasteiger partial charge in [0.15, 0.2) is 11.0 Å². The molecule has 2 aromatic heterocycles. The van der Waals surface area contributed by atoms with Crippen LogP contribution in [0, 0.1) is 0 Å². The maximum absolute atomic E-state index is 9.14. The first-order chi connectivity index (χ1) is 11.2. The number of aromatic nitrogens is 4. The molecule has 0 amide bonds. The Morgan fingerprint density at radius 3 is 2.65 bits per heavy atom. The molecule has 0 bridgehead atoms. The number of aliphatic hydroxyl groups is 1. The summed E-state index contributed by atoms with van der Waals surface area (Å²) in [5.41, 5.74) is 3.52. The Labute approximate surface area is 143 Å². The molecule has 0 aliphatic rings. The summed E-state index contributed by atoms with van der Waals surface area (Å²) in [6.07, 6.45) is 1.05. The van der Waals surface area contributed by atoms with Crippen LogP contribution in [0.1, 0.15) is 24.0 Å². The lowest BCUT2D eigenvalue weighted by atomic mass is 10.1. The zero-order valence-electron chi connectivity index (χ0n) is 13.1. The van der Waals surface area contributed by atoms with E-state index in [1.54, 1.807) is 27.7 Å². The largest absolute Gasteiger partial charge is 0.388 e. The van der Waals surface area contributed by atoms with Gasteiger partial charge in [0.2, 0.25) is 0 Å². The molecule has 1 N–H and O–H groups in total. The van der Waals surface area contributed by atoms with Gasteiger partial charge >= 0.3 is 0 Å². The Hall–Kier alpha value is -1.70. The Morgan fingerprint density at radius 1 is 1.22 bits per heavy atom. The highest BCUT2D eigenvalue weighted by Gasteiger charge is 2.10. The number of thioether (sulfide) groups is 1. The van der Waals surface area contributed by atoms with Crippen LogP contribution in [0.25, 0.3) is 10.6 Å². The first kappa shape index (κ1) is 16.2. The number of thiazole rings is 1. The smallest absolute Gasteiger partial charge is 0.191 e. The maximum atomic E-state index is 9.14. The van der Waals surface area contributed by atoms with Crippen LogP contribution in [0.3, 0.4) is 0 Å². The predicted molar refractivity (Wildman–Crippen MR) is 93.4 cm³/mol. The molecule has 3 aromatic rings. The molecule has 3 rings (SSSR count). The van der Waals surface area contributed by atoms with Gasteiger partial charge < -0.3 is 9.67 Å². The lowest BCUT2D eigenvalue weighted by molar-refractivity contribution is 0.266. The summed E-state index contributed by atoms with van der Waals surface area (Å²) in [5.74, 6) is 1.31. The standard InChI is InChI=1S/C16H18N4OS2/c1-3-11-4-6-12(7-5-11)15-17-13(9-22-15)10-23-16-19-18-14(8-21)20(16)2/h4-7,9,21H,3,8,10H2,1-2H3. The van der Waals surface area contributed by atoms with Gasteiger partial charge in [0, 0.05) is 23.7 Å². The second kappa shape index (κ2) is 7.25. The van der Waals surface area contributed by atoms with E-state index in [4.69, 9.17) is 10.1 Å². The van der Waals surface area contributed by atoms with Crippen LogP contribution in [0.5, 0.6) is 0 Å². The molecule has 1 aromatic carbocycles. The predicted octanol–water partition coefficient (Wildman–Crippen LogP) is 3.29. The minimum absolute atomic E-state index is 0.0985. The van der Waals surface area contributed by atoms with Crippen molar-refractivity contribution in [3.8, 4) is 10.6 Å². The maximum Gasteiger partial charge on any atom is 0.191 e. The molecule has 120 valence electrons. The molecule has 7 heteroatoms. The highest BCUT2D eigenvalue weighted by atomic mass is 32.2. The third-order valence-electron chi connectivity index (χ3n) is 3.58. The molecule has 0 aliphatic heterocycles. The van der Waals surface area contributed by atoms with Gasteiger partial charge in [-0.15, -0.1) is 21.5 Å². The fourth-order valence-electron chi connectivity index (χ4n) is 2.14. The van der Waals surface area contributed by atoms with E-state index >= 15 is 0 Å². The number of rotatable bonds is 6. The SMILES string of the molecule is CCc1ccc(-c2nc(CSc3nnc(CO)n3C)cs2)cc1. The molecule has 5 nitrogen and oxygen atoms in total. The van der Waals surface area contributed by atoms with Crippen LogP contribution in [0.4, 0.5) is 0 Å². The van der Waals surface area contributed by atoms with E-state index in [2.05, 4.69) is 46.8 Å². The van der Waals surface area contributed by atoms with Crippen molar-refractivity contribution < 1.29 is 5.11 Å². The molecular formula is C16H18N4OS2. The molecule has 0 spiro atoms. The van der Waals surface area contributed by atoms with Gasteiger partial charge in [-0.3, -0.25) is 0 Å². The molecule has 0 fully saturated rings. The summed E-state index contributed by atoms with van der Waals surface area (Å²) in [6, 6.07) is 8.57. The van der Waals surface area contributed by atoms with Crippen molar-refractivity contribution in [3.63, 3.8) is 0 Å². The van der Waals surface area contributed by atoms with Crippen LogP contribution < -0.4 is 0 Å². The van der Waals surface area contributed by atoms with Gasteiger partial charge in [-0.2, -0.15) is 0 Å². The number of benzene rings is 1. The molecule has 2 heterocycles. The molecular weight excluding hydrogens is 328 g/mol. The quantitative estimate of drug-likeness (QED) is 0.694. The van der Waals surface area contributed by atoms with Gasteiger partial charge in [-0.25, -0.2) is 4.98 Å². The molecule has 23 heavy (non-hydrogen) atoms. The van der Waals surface area contributed by atoms with Crippen molar-refractivity contribution >= 4 is 23.1 Å². The van der Waals surface area contributed by atoms with E-state index in [1.807, 2.05) is 7.05 Å². The summed E-state index contributed by atoms with van der Waals surface area (Å²) in [6.45, 7) is 2.06. The van der Waals surface area contributed by atoms with Crippen LogP contribution in [0.2, 0.25) is 0 Å². The normalized spacial score (nSPS) is 11.1. The third kappa shape index (κ3) is 3.63. The lowest BCUT2D eigenvalue weighted by Gasteiger charge is -2.01. The first-order valence-electron chi connectivity index (χ1n) is 7.37. The summed E-state index contributed by atoms with van der Waals surface area (Å²) in [4.78, 5) is 4.70. The van der Waals surface area contributed by atoms with Gasteiger partial charge in [0.25, 0.3) is 0 Å². The number of aryl methyl sites for hydroxylation is 1. The first-order valence-corrected chi connectivity index (χ1v) is 9.23. The van der Waals surface area contributed by atoms with Crippen molar-refractivity contribution in [3.05, 3.63) is 46.7 Å². The van der Waals surface area contributed by atoms with Crippen LogP contribution in [0.15, 0.2) is 34.8 Å². The average Bonchev–Trinajstić information content (AvgIpc) is 3.20. The van der Waals surface area contributed by atoms with E-state index in [0.29, 0.717) is 5.82 Å². The fourth-order valence-corrected chi connectivity index (χ4v) is 3.89. The van der Waals surface area contributed by atoms with Crippen molar-refractivity contribution in [2.75, 3.05) is 0 Å². The van der Waals surface area contributed by atoms with Gasteiger partial charge in [-0.05, 0) is 12.0 Å². The van der Waals surface area contributed by atoms with E-state index in [-0.39, 0.29) is 6.61 Å². The third-order valence-corrected chi connectivity index (χ3v) is 5.57. The Kier molecular flexibility index (Phi) is 5.09. The Morgan fingerprint density at radius 2 is 2.00 bits per heavy atom. The van der Waals surface area contributed by atoms with E-state index < -0.39 is 0 Å². The number of hydrogen-bond donors (Lipinski definition) is 1. The van der Waals surface area contributed by atoms with Crippen molar-refractivity contribution in [2.24, 2.45) is 7.05 Å². The molecule has 0 radical (unpaired) electrons. The summed E-state index contributed by atoms with van der Waals surface area (Å²) >= 11 is 3.23. The van der Waals surface area contributed by atoms with E-state index in [1.165, 1.54) is 5.56 Å². The van der Waals surface area contributed by atoms with Crippen molar-refractivity contribution in [2.45, 2.75) is 30.9 Å². The summed E-state index contributed by atoms with van der Waals surface area (Å²) in [7, 11) is 1.86. The van der Waals surface area contributed by atoms with Gasteiger partial charge in [0.1, 0.15) is 11.6 Å². The lowest BCUT2D eigenvalue weighted by Crippen LogP contribution is -1.98. The number of aliphatic hydroxyl groups excluding tert-OH is 1. The topological polar surface area (TPSA) is 63.8 Å². The van der Waals surface area contributed by atoms with Crippen LogP contribution in [-0.4, -0.2) is 24.9 Å². The van der Waals surface area contributed by atoms with Crippen molar-refractivity contribution in [1.82, 2.24) is 19.7 Å². The Bertz CT molecular complexity index is 780. The van der Waals surface area contributed by atoms with E-state index in [9.17, 15) is 0 Å². The van der Waals surface area contributed by atoms with Crippen LogP contribution >= 0.6 is 23.1 Å². The minimum Gasteiger partial charge on any atom is -0.388 e. The van der Waals surface area contributed by atoms with Crippen molar-refractivity contribution in [1.29, 1.82) is 0 Å². The summed E-state index contributed by atoms with van der Waals surface area (Å²) < 4.78 is 1.81. The average molecular weight is 346 g/mol. The number of nitrogens with zero attached hydrogens (tertiary/aromatic N) is 4. The van der Waals surface area contributed by atoms with Gasteiger partial charge in [-0.1, -0.05) is 43.0 Å². The fraction of sp³-hybridized carbons (Fsp3) is 0.312. The van der Waals surface area contributed by atoms with Gasteiger partial charge in [0.05, 0.1) is 5.69 Å². The second-order valence-electron chi connectivity index (χ2n) is 5.10. The monoisotopic (exact) mass is 346 g/mol.